The molecule has 4 nitrogen and oxygen atoms in total. The number of cyclic esters (lactones) is 1. The fraction of sp³-hybridized carbons (Fsp3) is 0.500. The molecule has 19 heavy (non-hydrogen) atoms. The second-order valence-electron chi connectivity index (χ2n) is 5.24. The molecule has 2 aliphatic rings. The first-order chi connectivity index (χ1) is 9.21. The highest BCUT2D eigenvalue weighted by Crippen LogP contribution is 2.32. The van der Waals surface area contributed by atoms with E-state index in [9.17, 15) is 9.18 Å². The highest BCUT2D eigenvalue weighted by Gasteiger charge is 2.47. The van der Waals surface area contributed by atoms with Gasteiger partial charge in [-0.05, 0) is 25.5 Å². The van der Waals surface area contributed by atoms with Crippen molar-refractivity contribution in [2.45, 2.75) is 24.9 Å². The zero-order valence-corrected chi connectivity index (χ0v) is 10.7. The molecule has 3 rings (SSSR count). The van der Waals surface area contributed by atoms with Crippen LogP contribution in [0.1, 0.15) is 18.4 Å². The molecule has 1 amide bonds. The van der Waals surface area contributed by atoms with Crippen molar-refractivity contribution in [2.24, 2.45) is 0 Å². The Morgan fingerprint density at radius 3 is 3.00 bits per heavy atom. The van der Waals surface area contributed by atoms with Crippen LogP contribution in [0.15, 0.2) is 24.3 Å². The third-order valence-corrected chi connectivity index (χ3v) is 3.99. The van der Waals surface area contributed by atoms with Crippen LogP contribution in [0.25, 0.3) is 0 Å². The first kappa shape index (κ1) is 12.4. The van der Waals surface area contributed by atoms with Crippen LogP contribution in [0, 0.1) is 5.82 Å². The summed E-state index contributed by atoms with van der Waals surface area (Å²) in [5.74, 6) is -0.277. The van der Waals surface area contributed by atoms with Crippen molar-refractivity contribution in [3.8, 4) is 0 Å². The van der Waals surface area contributed by atoms with Crippen LogP contribution in [-0.2, 0) is 11.3 Å². The molecule has 0 aromatic heterocycles. The van der Waals surface area contributed by atoms with Gasteiger partial charge in [0.1, 0.15) is 12.4 Å². The number of carbonyl (C=O) groups excluding carboxylic acids is 1. The average molecular weight is 264 g/mol. The molecule has 2 fully saturated rings. The second-order valence-corrected chi connectivity index (χ2v) is 5.24. The van der Waals surface area contributed by atoms with Crippen molar-refractivity contribution in [1.82, 2.24) is 10.2 Å². The van der Waals surface area contributed by atoms with Gasteiger partial charge in [0.25, 0.3) is 0 Å². The summed E-state index contributed by atoms with van der Waals surface area (Å²) in [6, 6.07) is 6.57. The number of rotatable bonds is 2. The maximum atomic E-state index is 13.7. The molecule has 102 valence electrons. The molecule has 1 atom stereocenters. The highest BCUT2D eigenvalue weighted by atomic mass is 19.1. The minimum absolute atomic E-state index is 0.271. The van der Waals surface area contributed by atoms with E-state index >= 15 is 0 Å². The van der Waals surface area contributed by atoms with Crippen LogP contribution >= 0.6 is 0 Å². The number of benzene rings is 1. The molecule has 1 aromatic rings. The SMILES string of the molecule is O=C1OCC2(CCCNC2)N1Cc1ccccc1F. The smallest absolute Gasteiger partial charge is 0.410 e. The summed E-state index contributed by atoms with van der Waals surface area (Å²) in [7, 11) is 0. The minimum atomic E-state index is -0.341. The van der Waals surface area contributed by atoms with Gasteiger partial charge in [-0.15, -0.1) is 0 Å². The van der Waals surface area contributed by atoms with Crippen molar-refractivity contribution in [3.63, 3.8) is 0 Å². The van der Waals surface area contributed by atoms with E-state index in [2.05, 4.69) is 5.32 Å². The van der Waals surface area contributed by atoms with Gasteiger partial charge in [-0.3, -0.25) is 4.90 Å². The quantitative estimate of drug-likeness (QED) is 0.887. The number of nitrogens with one attached hydrogen (secondary N) is 1. The average Bonchev–Trinajstić information content (AvgIpc) is 2.71. The standard InChI is InChI=1S/C14H17FN2O2/c15-12-5-2-1-4-11(12)8-17-13(18)19-10-14(17)6-3-7-16-9-14/h1-2,4-5,16H,3,6-10H2. The predicted octanol–water partition coefficient (Wildman–Crippen LogP) is 1.90. The molecule has 2 aliphatic heterocycles. The fourth-order valence-corrected chi connectivity index (χ4v) is 2.88. The zero-order valence-electron chi connectivity index (χ0n) is 10.7. The Morgan fingerprint density at radius 2 is 2.26 bits per heavy atom. The van der Waals surface area contributed by atoms with Crippen LogP contribution in [-0.4, -0.2) is 36.2 Å². The van der Waals surface area contributed by atoms with Crippen LogP contribution in [0.3, 0.4) is 0 Å². The lowest BCUT2D eigenvalue weighted by Gasteiger charge is -2.38. The maximum Gasteiger partial charge on any atom is 0.410 e. The summed E-state index contributed by atoms with van der Waals surface area (Å²) in [6.45, 7) is 2.34. The molecular formula is C14H17FN2O2. The summed E-state index contributed by atoms with van der Waals surface area (Å²) in [4.78, 5) is 13.6. The Kier molecular flexibility index (Phi) is 3.14. The summed E-state index contributed by atoms with van der Waals surface area (Å²) < 4.78 is 18.9. The van der Waals surface area contributed by atoms with Gasteiger partial charge >= 0.3 is 6.09 Å². The fourth-order valence-electron chi connectivity index (χ4n) is 2.88. The summed E-state index contributed by atoms with van der Waals surface area (Å²) in [6.07, 6.45) is 1.57. The Morgan fingerprint density at radius 1 is 1.42 bits per heavy atom. The molecule has 1 unspecified atom stereocenters. The molecular weight excluding hydrogens is 247 g/mol. The number of ether oxygens (including phenoxy) is 1. The monoisotopic (exact) mass is 264 g/mol. The Labute approximate surface area is 111 Å². The molecule has 2 heterocycles. The van der Waals surface area contributed by atoms with E-state index in [1.165, 1.54) is 6.07 Å². The Bertz CT molecular complexity index is 486. The first-order valence-electron chi connectivity index (χ1n) is 6.60. The molecule has 0 bridgehead atoms. The van der Waals surface area contributed by atoms with E-state index < -0.39 is 0 Å². The van der Waals surface area contributed by atoms with Gasteiger partial charge in [-0.2, -0.15) is 0 Å². The largest absolute Gasteiger partial charge is 0.447 e. The van der Waals surface area contributed by atoms with Crippen molar-refractivity contribution in [3.05, 3.63) is 35.6 Å². The molecule has 1 N–H and O–H groups in total. The molecule has 1 aromatic carbocycles. The van der Waals surface area contributed by atoms with Gasteiger partial charge in [0.2, 0.25) is 0 Å². The van der Waals surface area contributed by atoms with Gasteiger partial charge in [0.15, 0.2) is 0 Å². The number of halogens is 1. The lowest BCUT2D eigenvalue weighted by Crippen LogP contribution is -2.56. The number of carbonyl (C=O) groups is 1. The van der Waals surface area contributed by atoms with Gasteiger partial charge in [-0.25, -0.2) is 9.18 Å². The van der Waals surface area contributed by atoms with Gasteiger partial charge in [0.05, 0.1) is 12.1 Å². The van der Waals surface area contributed by atoms with Crippen molar-refractivity contribution >= 4 is 6.09 Å². The number of piperidine rings is 1. The maximum absolute atomic E-state index is 13.7. The van der Waals surface area contributed by atoms with Crippen molar-refractivity contribution in [1.29, 1.82) is 0 Å². The minimum Gasteiger partial charge on any atom is -0.447 e. The van der Waals surface area contributed by atoms with Gasteiger partial charge in [0, 0.05) is 12.1 Å². The van der Waals surface area contributed by atoms with Gasteiger partial charge in [-0.1, -0.05) is 18.2 Å². The van der Waals surface area contributed by atoms with Crippen LogP contribution in [0.4, 0.5) is 9.18 Å². The molecule has 2 saturated heterocycles. The first-order valence-corrected chi connectivity index (χ1v) is 6.60. The van der Waals surface area contributed by atoms with E-state index in [0.717, 1.165) is 19.4 Å². The van der Waals surface area contributed by atoms with E-state index in [-0.39, 0.29) is 24.0 Å². The van der Waals surface area contributed by atoms with E-state index in [4.69, 9.17) is 4.74 Å². The normalized spacial score (nSPS) is 26.8. The zero-order chi connectivity index (χ0) is 13.3. The number of nitrogens with zero attached hydrogens (tertiary/aromatic N) is 1. The van der Waals surface area contributed by atoms with Crippen LogP contribution < -0.4 is 5.32 Å². The van der Waals surface area contributed by atoms with Crippen LogP contribution in [0.5, 0.6) is 0 Å². The van der Waals surface area contributed by atoms with E-state index in [1.54, 1.807) is 23.1 Å². The highest BCUT2D eigenvalue weighted by molar-refractivity contribution is 5.71. The summed E-state index contributed by atoms with van der Waals surface area (Å²) in [5, 5.41) is 3.30. The summed E-state index contributed by atoms with van der Waals surface area (Å²) in [5.41, 5.74) is 0.226. The van der Waals surface area contributed by atoms with Crippen LogP contribution in [0.2, 0.25) is 0 Å². The topological polar surface area (TPSA) is 41.6 Å². The third-order valence-electron chi connectivity index (χ3n) is 3.99. The number of hydrogen-bond donors (Lipinski definition) is 1. The number of amides is 1. The molecule has 0 saturated carbocycles. The number of hydrogen-bond acceptors (Lipinski definition) is 3. The molecule has 1 spiro atoms. The second kappa shape index (κ2) is 4.81. The Hall–Kier alpha value is -1.62. The third kappa shape index (κ3) is 2.18. The van der Waals surface area contributed by atoms with E-state index in [0.29, 0.717) is 18.7 Å². The predicted molar refractivity (Wildman–Crippen MR) is 68.1 cm³/mol. The van der Waals surface area contributed by atoms with Crippen molar-refractivity contribution < 1.29 is 13.9 Å². The van der Waals surface area contributed by atoms with Gasteiger partial charge < -0.3 is 10.1 Å². The molecule has 5 heteroatoms. The molecule has 0 radical (unpaired) electrons. The lowest BCUT2D eigenvalue weighted by molar-refractivity contribution is 0.123. The lowest BCUT2D eigenvalue weighted by atomic mass is 9.89. The summed E-state index contributed by atoms with van der Waals surface area (Å²) >= 11 is 0. The molecule has 0 aliphatic carbocycles. The van der Waals surface area contributed by atoms with E-state index in [1.807, 2.05) is 0 Å². The van der Waals surface area contributed by atoms with Crippen molar-refractivity contribution in [2.75, 3.05) is 19.7 Å². The Balaban J connectivity index is 1.85.